The lowest BCUT2D eigenvalue weighted by molar-refractivity contribution is -0.660. The van der Waals surface area contributed by atoms with Gasteiger partial charge in [-0.05, 0) is 66.1 Å². The summed E-state index contributed by atoms with van der Waals surface area (Å²) in [5, 5.41) is 2.82. The molecule has 0 amide bonds. The van der Waals surface area contributed by atoms with E-state index in [2.05, 4.69) is 67.2 Å². The van der Waals surface area contributed by atoms with Crippen LogP contribution in [0.5, 0.6) is 0 Å². The summed E-state index contributed by atoms with van der Waals surface area (Å²) in [6.45, 7) is 2.25. The number of rotatable bonds is 0. The van der Waals surface area contributed by atoms with Crippen LogP contribution in [-0.2, 0) is 19.9 Å². The van der Waals surface area contributed by atoms with E-state index in [1.54, 1.807) is 0 Å². The maximum absolute atomic E-state index is 2.44. The molecule has 1 aliphatic rings. The average molecular weight is 330 g/mol. The highest BCUT2D eigenvalue weighted by molar-refractivity contribution is 5.90. The Morgan fingerprint density at radius 3 is 2.52 bits per heavy atom. The van der Waals surface area contributed by atoms with Gasteiger partial charge in [0, 0.05) is 17.7 Å². The van der Waals surface area contributed by atoms with E-state index >= 15 is 0 Å². The number of hydrogen-bond donors (Lipinski definition) is 0. The molecule has 1 heteroatoms. The van der Waals surface area contributed by atoms with Gasteiger partial charge in [0.2, 0.25) is 5.69 Å². The van der Waals surface area contributed by atoms with Crippen LogP contribution in [-0.4, -0.2) is 0 Å². The van der Waals surface area contributed by atoms with Gasteiger partial charge in [-0.3, -0.25) is 0 Å². The second-order valence-electron chi connectivity index (χ2n) is 7.60. The molecule has 3 aromatic rings. The third kappa shape index (κ3) is 3.33. The molecule has 0 radical (unpaired) electrons. The van der Waals surface area contributed by atoms with Crippen molar-refractivity contribution < 1.29 is 4.57 Å². The highest BCUT2D eigenvalue weighted by atomic mass is 14.9. The summed E-state index contributed by atoms with van der Waals surface area (Å²) in [5.74, 6) is 0. The van der Waals surface area contributed by atoms with Crippen molar-refractivity contribution in [2.24, 2.45) is 7.05 Å². The van der Waals surface area contributed by atoms with Crippen LogP contribution in [0.2, 0.25) is 0 Å². The number of hydrogen-bond acceptors (Lipinski definition) is 0. The van der Waals surface area contributed by atoms with Gasteiger partial charge in [0.25, 0.3) is 0 Å². The fraction of sp³-hybridized carbons (Fsp3) is 0.375. The van der Waals surface area contributed by atoms with Crippen LogP contribution in [0.3, 0.4) is 0 Å². The first-order valence-electron chi connectivity index (χ1n) is 9.73. The quantitative estimate of drug-likeness (QED) is 0.466. The maximum atomic E-state index is 2.44. The molecule has 1 aliphatic carbocycles. The molecule has 2 aromatic carbocycles. The van der Waals surface area contributed by atoms with Gasteiger partial charge in [0.1, 0.15) is 7.05 Å². The first-order chi connectivity index (χ1) is 12.2. The summed E-state index contributed by atoms with van der Waals surface area (Å²) in [5.41, 5.74) is 7.06. The van der Waals surface area contributed by atoms with Gasteiger partial charge < -0.3 is 0 Å². The van der Waals surface area contributed by atoms with Gasteiger partial charge in [-0.15, -0.1) is 0 Å². The van der Waals surface area contributed by atoms with Crippen LogP contribution in [0.1, 0.15) is 48.8 Å². The van der Waals surface area contributed by atoms with E-state index in [9.17, 15) is 0 Å². The van der Waals surface area contributed by atoms with Crippen LogP contribution in [0, 0.1) is 6.92 Å². The van der Waals surface area contributed by atoms with Crippen molar-refractivity contribution in [2.45, 2.75) is 51.9 Å². The van der Waals surface area contributed by atoms with Crippen LogP contribution in [0.15, 0.2) is 48.7 Å². The third-order valence-corrected chi connectivity index (χ3v) is 5.72. The predicted molar refractivity (Wildman–Crippen MR) is 106 cm³/mol. The Bertz CT molecular complexity index is 907. The average Bonchev–Trinajstić information content (AvgIpc) is 2.61. The highest BCUT2D eigenvalue weighted by Crippen LogP contribution is 2.30. The molecule has 0 spiro atoms. The van der Waals surface area contributed by atoms with Gasteiger partial charge in [-0.25, -0.2) is 4.57 Å². The van der Waals surface area contributed by atoms with Crippen molar-refractivity contribution in [2.75, 3.05) is 0 Å². The van der Waals surface area contributed by atoms with Crippen molar-refractivity contribution in [3.05, 3.63) is 65.4 Å². The lowest BCUT2D eigenvalue weighted by atomic mass is 9.93. The summed E-state index contributed by atoms with van der Waals surface area (Å²) in [4.78, 5) is 0. The Balaban J connectivity index is 1.93. The Hall–Kier alpha value is -2.15. The number of pyridine rings is 1. The Kier molecular flexibility index (Phi) is 4.57. The largest absolute Gasteiger partial charge is 0.212 e. The van der Waals surface area contributed by atoms with Gasteiger partial charge in [-0.2, -0.15) is 0 Å². The molecule has 128 valence electrons. The minimum absolute atomic E-state index is 1.20. The monoisotopic (exact) mass is 330 g/mol. The summed E-state index contributed by atoms with van der Waals surface area (Å²) < 4.78 is 2.27. The first-order valence-corrected chi connectivity index (χ1v) is 9.73. The summed E-state index contributed by atoms with van der Waals surface area (Å²) in [6, 6.07) is 16.3. The van der Waals surface area contributed by atoms with E-state index in [4.69, 9.17) is 0 Å². The molecule has 1 nitrogen and oxygen atoms in total. The Morgan fingerprint density at radius 2 is 1.64 bits per heavy atom. The summed E-state index contributed by atoms with van der Waals surface area (Å²) >= 11 is 0. The zero-order valence-electron chi connectivity index (χ0n) is 15.5. The topological polar surface area (TPSA) is 3.88 Å². The second kappa shape index (κ2) is 7.00. The van der Waals surface area contributed by atoms with Crippen molar-refractivity contribution >= 4 is 10.8 Å². The molecule has 0 saturated carbocycles. The molecule has 25 heavy (non-hydrogen) atoms. The van der Waals surface area contributed by atoms with E-state index in [1.807, 2.05) is 0 Å². The molecule has 0 aliphatic heterocycles. The van der Waals surface area contributed by atoms with Crippen molar-refractivity contribution in [1.82, 2.24) is 0 Å². The number of fused-ring (bicyclic) bond motifs is 4. The third-order valence-electron chi connectivity index (χ3n) is 5.72. The maximum Gasteiger partial charge on any atom is 0.212 e. The van der Waals surface area contributed by atoms with E-state index < -0.39 is 0 Å². The summed E-state index contributed by atoms with van der Waals surface area (Å²) in [7, 11) is 2.16. The molecule has 1 aromatic heterocycles. The first kappa shape index (κ1) is 16.3. The van der Waals surface area contributed by atoms with Gasteiger partial charge >= 0.3 is 0 Å². The van der Waals surface area contributed by atoms with Crippen LogP contribution < -0.4 is 4.57 Å². The summed E-state index contributed by atoms with van der Waals surface area (Å²) in [6.07, 6.45) is 11.3. The van der Waals surface area contributed by atoms with Crippen molar-refractivity contribution in [1.29, 1.82) is 0 Å². The number of aromatic nitrogens is 1. The number of nitrogens with zero attached hydrogens (tertiary/aromatic N) is 1. The fourth-order valence-corrected chi connectivity index (χ4v) is 4.21. The fourth-order valence-electron chi connectivity index (χ4n) is 4.21. The van der Waals surface area contributed by atoms with Crippen molar-refractivity contribution in [3.8, 4) is 11.3 Å². The minimum Gasteiger partial charge on any atom is -0.201 e. The van der Waals surface area contributed by atoms with E-state index in [0.717, 1.165) is 0 Å². The van der Waals surface area contributed by atoms with Gasteiger partial charge in [-0.1, -0.05) is 43.5 Å². The number of benzene rings is 2. The molecule has 0 fully saturated rings. The van der Waals surface area contributed by atoms with Crippen LogP contribution >= 0.6 is 0 Å². The van der Waals surface area contributed by atoms with Crippen LogP contribution in [0.4, 0.5) is 0 Å². The molecule has 0 unspecified atom stereocenters. The molecular weight excluding hydrogens is 302 g/mol. The van der Waals surface area contributed by atoms with Crippen LogP contribution in [0.25, 0.3) is 22.0 Å². The Morgan fingerprint density at radius 1 is 0.840 bits per heavy atom. The number of aryl methyl sites for hydroxylation is 4. The zero-order valence-corrected chi connectivity index (χ0v) is 15.5. The molecule has 0 atom stereocenters. The van der Waals surface area contributed by atoms with Gasteiger partial charge in [0.15, 0.2) is 6.20 Å². The highest BCUT2D eigenvalue weighted by Gasteiger charge is 2.15. The van der Waals surface area contributed by atoms with E-state index in [-0.39, 0.29) is 0 Å². The second-order valence-corrected chi connectivity index (χ2v) is 7.60. The minimum atomic E-state index is 1.20. The Labute approximate surface area is 151 Å². The smallest absolute Gasteiger partial charge is 0.201 e. The molecule has 4 rings (SSSR count). The SMILES string of the molecule is Cc1cc2cccc3c2cc1-c1cc(cc[n+]1C)CCCCCCC3. The molecule has 1 heterocycles. The predicted octanol–water partition coefficient (Wildman–Crippen LogP) is 5.69. The van der Waals surface area contributed by atoms with Crippen molar-refractivity contribution in [3.63, 3.8) is 0 Å². The normalized spacial score (nSPS) is 15.3. The molecule has 0 saturated heterocycles. The lowest BCUT2D eigenvalue weighted by Gasteiger charge is -2.13. The molecule has 0 N–H and O–H groups in total. The zero-order chi connectivity index (χ0) is 17.2. The lowest BCUT2D eigenvalue weighted by Crippen LogP contribution is -2.30. The van der Waals surface area contributed by atoms with Gasteiger partial charge in [0.05, 0.1) is 0 Å². The van der Waals surface area contributed by atoms with E-state index in [1.165, 1.54) is 83.7 Å². The van der Waals surface area contributed by atoms with E-state index in [0.29, 0.717) is 0 Å². The molecular formula is C24H28N+. The standard InChI is InChI=1S/C24H28N/c1-18-15-21-12-8-11-20-10-7-5-3-4-6-9-19-13-14-25(2)24(16-19)22(18)17-23(20)21/h8,11-17H,3-7,9-10H2,1-2H3/q+1. The molecule has 4 bridgehead atoms.